The van der Waals surface area contributed by atoms with Gasteiger partial charge in [0.15, 0.2) is 0 Å². The van der Waals surface area contributed by atoms with Crippen molar-refractivity contribution in [1.82, 2.24) is 4.98 Å². The van der Waals surface area contributed by atoms with E-state index >= 15 is 0 Å². The van der Waals surface area contributed by atoms with Crippen molar-refractivity contribution < 1.29 is 10.2 Å². The molecule has 0 radical (unpaired) electrons. The maximum Gasteiger partial charge on any atom is 0.133 e. The number of aliphatic hydroxyl groups excluding tert-OH is 1. The van der Waals surface area contributed by atoms with E-state index in [4.69, 9.17) is 15.9 Å². The van der Waals surface area contributed by atoms with Gasteiger partial charge in [-0.05, 0) is 12.1 Å². The normalized spacial score (nSPS) is 12.9. The zero-order chi connectivity index (χ0) is 8.27. The highest BCUT2D eigenvalue weighted by Gasteiger charge is 2.04. The summed E-state index contributed by atoms with van der Waals surface area (Å²) in [6.45, 7) is 0.137. The molecule has 1 aromatic heterocycles. The summed E-state index contributed by atoms with van der Waals surface area (Å²) in [5.41, 5.74) is 5.67. The Bertz CT molecular complexity index is 222. The van der Waals surface area contributed by atoms with Crippen LogP contribution >= 0.6 is 0 Å². The second-order valence-corrected chi connectivity index (χ2v) is 2.19. The van der Waals surface area contributed by atoms with Gasteiger partial charge in [-0.3, -0.25) is 4.98 Å². The van der Waals surface area contributed by atoms with Gasteiger partial charge in [0.05, 0.1) is 11.9 Å². The highest BCUT2D eigenvalue weighted by Crippen LogP contribution is 2.11. The molecule has 4 N–H and O–H groups in total. The Morgan fingerprint density at radius 2 is 2.27 bits per heavy atom. The fraction of sp³-hybridized carbons (Fsp3) is 0.286. The molecule has 0 aliphatic carbocycles. The molecule has 1 aromatic rings. The molecule has 0 amide bonds. The lowest BCUT2D eigenvalue weighted by Crippen LogP contribution is -2.12. The monoisotopic (exact) mass is 154 g/mol. The van der Waals surface area contributed by atoms with Crippen molar-refractivity contribution in [1.29, 1.82) is 0 Å². The van der Waals surface area contributed by atoms with Crippen LogP contribution in [0.25, 0.3) is 0 Å². The Kier molecular flexibility index (Phi) is 2.40. The standard InChI is InChI=1S/C7H10N2O2/c8-3-7(11)6-2-1-5(10)4-9-6/h1-2,4,7,10-11H,3,8H2. The summed E-state index contributed by atoms with van der Waals surface area (Å²) in [5.74, 6) is 0.0815. The van der Waals surface area contributed by atoms with Crippen molar-refractivity contribution in [2.24, 2.45) is 5.73 Å². The number of hydrogen-bond donors (Lipinski definition) is 3. The van der Waals surface area contributed by atoms with Gasteiger partial charge in [-0.1, -0.05) is 0 Å². The Morgan fingerprint density at radius 3 is 2.73 bits per heavy atom. The number of rotatable bonds is 2. The minimum atomic E-state index is -0.740. The van der Waals surface area contributed by atoms with Crippen molar-refractivity contribution in [3.8, 4) is 5.75 Å². The summed E-state index contributed by atoms with van der Waals surface area (Å²) in [6.07, 6.45) is 0.532. The molecule has 0 aliphatic heterocycles. The van der Waals surface area contributed by atoms with E-state index in [2.05, 4.69) is 4.98 Å². The van der Waals surface area contributed by atoms with Gasteiger partial charge in [0.1, 0.15) is 11.9 Å². The van der Waals surface area contributed by atoms with Crippen LogP contribution in [-0.4, -0.2) is 21.7 Å². The van der Waals surface area contributed by atoms with Gasteiger partial charge in [0, 0.05) is 6.54 Å². The molecular formula is C7H10N2O2. The smallest absolute Gasteiger partial charge is 0.133 e. The van der Waals surface area contributed by atoms with Gasteiger partial charge in [0.25, 0.3) is 0 Å². The largest absolute Gasteiger partial charge is 0.506 e. The topological polar surface area (TPSA) is 79.4 Å². The van der Waals surface area contributed by atoms with Crippen LogP contribution in [0.5, 0.6) is 5.75 Å². The zero-order valence-corrected chi connectivity index (χ0v) is 5.94. The number of aromatic nitrogens is 1. The van der Waals surface area contributed by atoms with E-state index in [1.54, 1.807) is 0 Å². The third-order valence-corrected chi connectivity index (χ3v) is 1.34. The van der Waals surface area contributed by atoms with Gasteiger partial charge >= 0.3 is 0 Å². The van der Waals surface area contributed by atoms with Gasteiger partial charge in [-0.25, -0.2) is 0 Å². The van der Waals surface area contributed by atoms with Crippen LogP contribution in [0.3, 0.4) is 0 Å². The fourth-order valence-corrected chi connectivity index (χ4v) is 0.715. The van der Waals surface area contributed by atoms with Crippen LogP contribution < -0.4 is 5.73 Å². The Morgan fingerprint density at radius 1 is 1.55 bits per heavy atom. The summed E-state index contributed by atoms with van der Waals surface area (Å²) in [6, 6.07) is 2.99. The van der Waals surface area contributed by atoms with Crippen LogP contribution in [0.15, 0.2) is 18.3 Å². The van der Waals surface area contributed by atoms with Crippen LogP contribution in [-0.2, 0) is 0 Å². The van der Waals surface area contributed by atoms with E-state index in [0.29, 0.717) is 5.69 Å². The molecule has 0 aromatic carbocycles. The SMILES string of the molecule is NCC(O)c1ccc(O)cn1. The van der Waals surface area contributed by atoms with Crippen molar-refractivity contribution >= 4 is 0 Å². The maximum absolute atomic E-state index is 9.15. The Balaban J connectivity index is 2.81. The molecule has 1 rings (SSSR count). The number of nitrogens with two attached hydrogens (primary N) is 1. The fourth-order valence-electron chi connectivity index (χ4n) is 0.715. The molecule has 0 aliphatic rings. The molecule has 11 heavy (non-hydrogen) atoms. The first-order chi connectivity index (χ1) is 5.24. The lowest BCUT2D eigenvalue weighted by atomic mass is 10.2. The lowest BCUT2D eigenvalue weighted by molar-refractivity contribution is 0.182. The molecule has 0 fully saturated rings. The molecule has 60 valence electrons. The average Bonchev–Trinajstić information content (AvgIpc) is 2.05. The first kappa shape index (κ1) is 7.97. The third-order valence-electron chi connectivity index (χ3n) is 1.34. The predicted molar refractivity (Wildman–Crippen MR) is 39.9 cm³/mol. The predicted octanol–water partition coefficient (Wildman–Crippen LogP) is -0.221. The van der Waals surface area contributed by atoms with E-state index in [0.717, 1.165) is 0 Å². The van der Waals surface area contributed by atoms with Crippen molar-refractivity contribution in [3.05, 3.63) is 24.0 Å². The van der Waals surface area contributed by atoms with Gasteiger partial charge in [-0.15, -0.1) is 0 Å². The number of pyridine rings is 1. The molecule has 1 heterocycles. The second-order valence-electron chi connectivity index (χ2n) is 2.19. The van der Waals surface area contributed by atoms with E-state index in [9.17, 15) is 0 Å². The summed E-state index contributed by atoms with van der Waals surface area (Å²) in [7, 11) is 0. The molecule has 0 spiro atoms. The summed E-state index contributed by atoms with van der Waals surface area (Å²) in [5, 5.41) is 18.0. The number of nitrogens with zero attached hydrogens (tertiary/aromatic N) is 1. The van der Waals surface area contributed by atoms with E-state index in [1.807, 2.05) is 0 Å². The third kappa shape index (κ3) is 1.89. The van der Waals surface area contributed by atoms with Crippen molar-refractivity contribution in [2.75, 3.05) is 6.54 Å². The number of aromatic hydroxyl groups is 1. The number of hydrogen-bond acceptors (Lipinski definition) is 4. The highest BCUT2D eigenvalue weighted by molar-refractivity contribution is 5.19. The first-order valence-corrected chi connectivity index (χ1v) is 3.27. The first-order valence-electron chi connectivity index (χ1n) is 3.27. The summed E-state index contributed by atoms with van der Waals surface area (Å²) < 4.78 is 0. The van der Waals surface area contributed by atoms with E-state index in [1.165, 1.54) is 18.3 Å². The molecule has 4 nitrogen and oxygen atoms in total. The van der Waals surface area contributed by atoms with Gasteiger partial charge < -0.3 is 15.9 Å². The Labute approximate surface area is 64.3 Å². The maximum atomic E-state index is 9.15. The Hall–Kier alpha value is -1.13. The van der Waals surface area contributed by atoms with Crippen LogP contribution in [0.4, 0.5) is 0 Å². The molecule has 0 saturated heterocycles. The van der Waals surface area contributed by atoms with Crippen LogP contribution in [0.1, 0.15) is 11.8 Å². The molecule has 0 bridgehead atoms. The minimum Gasteiger partial charge on any atom is -0.506 e. The quantitative estimate of drug-likeness (QED) is 0.550. The van der Waals surface area contributed by atoms with Crippen molar-refractivity contribution in [3.63, 3.8) is 0 Å². The molecular weight excluding hydrogens is 144 g/mol. The minimum absolute atomic E-state index is 0.0815. The van der Waals surface area contributed by atoms with Gasteiger partial charge in [-0.2, -0.15) is 0 Å². The summed E-state index contributed by atoms with van der Waals surface area (Å²) in [4.78, 5) is 3.77. The van der Waals surface area contributed by atoms with Crippen LogP contribution in [0, 0.1) is 0 Å². The summed E-state index contributed by atoms with van der Waals surface area (Å²) >= 11 is 0. The molecule has 1 atom stereocenters. The second kappa shape index (κ2) is 3.32. The van der Waals surface area contributed by atoms with E-state index in [-0.39, 0.29) is 12.3 Å². The number of aliphatic hydroxyl groups is 1. The van der Waals surface area contributed by atoms with Crippen molar-refractivity contribution in [2.45, 2.75) is 6.10 Å². The molecule has 4 heteroatoms. The lowest BCUT2D eigenvalue weighted by Gasteiger charge is -2.05. The van der Waals surface area contributed by atoms with Crippen LogP contribution in [0.2, 0.25) is 0 Å². The van der Waals surface area contributed by atoms with Gasteiger partial charge in [0.2, 0.25) is 0 Å². The average molecular weight is 154 g/mol. The zero-order valence-electron chi connectivity index (χ0n) is 5.94. The molecule has 0 saturated carbocycles. The molecule has 1 unspecified atom stereocenters. The van der Waals surface area contributed by atoms with E-state index < -0.39 is 6.10 Å². The highest BCUT2D eigenvalue weighted by atomic mass is 16.3.